The van der Waals surface area contributed by atoms with Crippen molar-refractivity contribution >= 4 is 5.97 Å². The summed E-state index contributed by atoms with van der Waals surface area (Å²) in [5.41, 5.74) is 1.63. The third-order valence-electron chi connectivity index (χ3n) is 2.69. The molecule has 1 aromatic rings. The highest BCUT2D eigenvalue weighted by Crippen LogP contribution is 2.09. The topological polar surface area (TPSA) is 53.3 Å². The Labute approximate surface area is 101 Å². The fourth-order valence-corrected chi connectivity index (χ4v) is 1.51. The summed E-state index contributed by atoms with van der Waals surface area (Å²) in [6, 6.07) is 9.14. The number of nitrogens with zero attached hydrogens (tertiary/aromatic N) is 2. The van der Waals surface area contributed by atoms with Gasteiger partial charge < -0.3 is 4.74 Å². The summed E-state index contributed by atoms with van der Waals surface area (Å²) in [5, 5.41) is 8.79. The average molecular weight is 232 g/mol. The summed E-state index contributed by atoms with van der Waals surface area (Å²) in [4.78, 5) is 13.2. The fraction of sp³-hybridized carbons (Fsp3) is 0.385. The average Bonchev–Trinajstić information content (AvgIpc) is 2.37. The second-order valence-corrected chi connectivity index (χ2v) is 3.93. The van der Waals surface area contributed by atoms with Crippen LogP contribution in [0, 0.1) is 11.3 Å². The van der Waals surface area contributed by atoms with E-state index in [2.05, 4.69) is 10.8 Å². The molecule has 0 amide bonds. The van der Waals surface area contributed by atoms with Gasteiger partial charge in [-0.25, -0.2) is 0 Å². The number of esters is 1. The first kappa shape index (κ1) is 13.2. The predicted octanol–water partition coefficient (Wildman–Crippen LogP) is 1.55. The number of hydrogen-bond donors (Lipinski definition) is 0. The Bertz CT molecular complexity index is 437. The second-order valence-electron chi connectivity index (χ2n) is 3.93. The molecule has 0 saturated heterocycles. The molecule has 0 aliphatic rings. The lowest BCUT2D eigenvalue weighted by Crippen LogP contribution is -2.36. The second kappa shape index (κ2) is 6.02. The molecule has 0 aliphatic carbocycles. The molecular formula is C13H16N2O2. The standard InChI is InChI=1S/C13H16N2O2/c1-10(13(16)17-3)15(2)9-12-6-4-5-11(7-12)8-14/h4-7,10H,9H2,1-3H3. The van der Waals surface area contributed by atoms with Gasteiger partial charge in [0.05, 0.1) is 18.7 Å². The number of methoxy groups -OCH3 is 1. The molecule has 1 atom stereocenters. The molecule has 0 fully saturated rings. The van der Waals surface area contributed by atoms with E-state index in [4.69, 9.17) is 5.26 Å². The fourth-order valence-electron chi connectivity index (χ4n) is 1.51. The normalized spacial score (nSPS) is 11.9. The molecule has 4 heteroatoms. The van der Waals surface area contributed by atoms with E-state index >= 15 is 0 Å². The van der Waals surface area contributed by atoms with Crippen molar-refractivity contribution in [3.05, 3.63) is 35.4 Å². The maximum absolute atomic E-state index is 11.4. The van der Waals surface area contributed by atoms with Crippen molar-refractivity contribution in [3.8, 4) is 6.07 Å². The minimum absolute atomic E-state index is 0.260. The highest BCUT2D eigenvalue weighted by atomic mass is 16.5. The van der Waals surface area contributed by atoms with Crippen LogP contribution in [0.25, 0.3) is 0 Å². The first-order valence-corrected chi connectivity index (χ1v) is 5.35. The van der Waals surface area contributed by atoms with Gasteiger partial charge in [0, 0.05) is 6.54 Å². The van der Waals surface area contributed by atoms with Crippen molar-refractivity contribution in [2.75, 3.05) is 14.2 Å². The third kappa shape index (κ3) is 3.58. The lowest BCUT2D eigenvalue weighted by molar-refractivity contribution is -0.145. The van der Waals surface area contributed by atoms with Gasteiger partial charge in [-0.15, -0.1) is 0 Å². The minimum Gasteiger partial charge on any atom is -0.468 e. The first-order valence-electron chi connectivity index (χ1n) is 5.35. The summed E-state index contributed by atoms with van der Waals surface area (Å²) >= 11 is 0. The van der Waals surface area contributed by atoms with Gasteiger partial charge in [0.25, 0.3) is 0 Å². The third-order valence-corrected chi connectivity index (χ3v) is 2.69. The van der Waals surface area contributed by atoms with Crippen molar-refractivity contribution in [2.45, 2.75) is 19.5 Å². The van der Waals surface area contributed by atoms with Crippen LogP contribution in [0.3, 0.4) is 0 Å². The molecule has 0 aromatic heterocycles. The molecule has 90 valence electrons. The Morgan fingerprint density at radius 1 is 1.59 bits per heavy atom. The largest absolute Gasteiger partial charge is 0.468 e. The minimum atomic E-state index is -0.300. The van der Waals surface area contributed by atoms with Gasteiger partial charge in [0.1, 0.15) is 6.04 Å². The van der Waals surface area contributed by atoms with Crippen LogP contribution in [-0.2, 0) is 16.1 Å². The lowest BCUT2D eigenvalue weighted by Gasteiger charge is -2.22. The molecule has 0 heterocycles. The first-order chi connectivity index (χ1) is 8.08. The van der Waals surface area contributed by atoms with E-state index in [9.17, 15) is 4.79 Å². The highest BCUT2D eigenvalue weighted by molar-refractivity contribution is 5.75. The van der Waals surface area contributed by atoms with Crippen LogP contribution in [0.2, 0.25) is 0 Å². The zero-order valence-corrected chi connectivity index (χ0v) is 10.3. The highest BCUT2D eigenvalue weighted by Gasteiger charge is 2.18. The molecule has 0 bridgehead atoms. The van der Waals surface area contributed by atoms with Gasteiger partial charge in [-0.2, -0.15) is 5.26 Å². The van der Waals surface area contributed by atoms with E-state index < -0.39 is 0 Å². The number of hydrogen-bond acceptors (Lipinski definition) is 4. The Morgan fingerprint density at radius 2 is 2.29 bits per heavy atom. The van der Waals surface area contributed by atoms with Crippen LogP contribution in [0.5, 0.6) is 0 Å². The SMILES string of the molecule is COC(=O)C(C)N(C)Cc1cccc(C#N)c1. The van der Waals surface area contributed by atoms with Gasteiger partial charge >= 0.3 is 5.97 Å². The molecule has 0 N–H and O–H groups in total. The number of benzene rings is 1. The van der Waals surface area contributed by atoms with Crippen LogP contribution in [0.4, 0.5) is 0 Å². The van der Waals surface area contributed by atoms with Crippen molar-refractivity contribution in [1.82, 2.24) is 4.90 Å². The molecule has 1 unspecified atom stereocenters. The van der Waals surface area contributed by atoms with E-state index in [0.29, 0.717) is 12.1 Å². The van der Waals surface area contributed by atoms with Crippen LogP contribution in [0.1, 0.15) is 18.1 Å². The molecular weight excluding hydrogens is 216 g/mol. The maximum atomic E-state index is 11.4. The van der Waals surface area contributed by atoms with Gasteiger partial charge in [0.2, 0.25) is 0 Å². The predicted molar refractivity (Wildman–Crippen MR) is 64.1 cm³/mol. The van der Waals surface area contributed by atoms with E-state index in [0.717, 1.165) is 5.56 Å². The number of carbonyl (C=O) groups is 1. The zero-order chi connectivity index (χ0) is 12.8. The van der Waals surface area contributed by atoms with Crippen LogP contribution >= 0.6 is 0 Å². The lowest BCUT2D eigenvalue weighted by atomic mass is 10.1. The molecule has 0 saturated carbocycles. The van der Waals surface area contributed by atoms with E-state index in [1.165, 1.54) is 7.11 Å². The summed E-state index contributed by atoms with van der Waals surface area (Å²) < 4.78 is 4.68. The van der Waals surface area contributed by atoms with Gasteiger partial charge in [-0.3, -0.25) is 9.69 Å². The molecule has 17 heavy (non-hydrogen) atoms. The summed E-state index contributed by atoms with van der Waals surface area (Å²) in [7, 11) is 3.23. The van der Waals surface area contributed by atoms with E-state index in [1.54, 1.807) is 13.0 Å². The number of ether oxygens (including phenoxy) is 1. The number of carbonyl (C=O) groups excluding carboxylic acids is 1. The smallest absolute Gasteiger partial charge is 0.322 e. The van der Waals surface area contributed by atoms with Crippen LogP contribution in [0.15, 0.2) is 24.3 Å². The number of nitriles is 1. The summed E-state index contributed by atoms with van der Waals surface area (Å²) in [6.07, 6.45) is 0. The van der Waals surface area contributed by atoms with E-state index in [1.807, 2.05) is 30.1 Å². The molecule has 4 nitrogen and oxygen atoms in total. The Morgan fingerprint density at radius 3 is 2.88 bits per heavy atom. The molecule has 1 aromatic carbocycles. The van der Waals surface area contributed by atoms with Crippen molar-refractivity contribution in [3.63, 3.8) is 0 Å². The molecule has 0 radical (unpaired) electrons. The molecule has 0 spiro atoms. The van der Waals surface area contributed by atoms with Gasteiger partial charge in [-0.05, 0) is 31.7 Å². The monoisotopic (exact) mass is 232 g/mol. The van der Waals surface area contributed by atoms with Crippen molar-refractivity contribution in [1.29, 1.82) is 5.26 Å². The van der Waals surface area contributed by atoms with Crippen molar-refractivity contribution < 1.29 is 9.53 Å². The zero-order valence-electron chi connectivity index (χ0n) is 10.3. The molecule has 1 rings (SSSR count). The number of rotatable bonds is 4. The van der Waals surface area contributed by atoms with Crippen LogP contribution < -0.4 is 0 Å². The number of likely N-dealkylation sites (N-methyl/N-ethyl adjacent to an activating group) is 1. The Balaban J connectivity index is 2.71. The quantitative estimate of drug-likeness (QED) is 0.739. The van der Waals surface area contributed by atoms with Gasteiger partial charge in [-0.1, -0.05) is 12.1 Å². The Hall–Kier alpha value is -1.86. The maximum Gasteiger partial charge on any atom is 0.322 e. The summed E-state index contributed by atoms with van der Waals surface area (Å²) in [5.74, 6) is -0.260. The molecule has 0 aliphatic heterocycles. The van der Waals surface area contributed by atoms with Crippen LogP contribution in [-0.4, -0.2) is 31.1 Å². The van der Waals surface area contributed by atoms with E-state index in [-0.39, 0.29) is 12.0 Å². The van der Waals surface area contributed by atoms with Gasteiger partial charge in [0.15, 0.2) is 0 Å². The van der Waals surface area contributed by atoms with Crippen molar-refractivity contribution in [2.24, 2.45) is 0 Å². The summed E-state index contributed by atoms with van der Waals surface area (Å²) in [6.45, 7) is 2.39. The Kier molecular flexibility index (Phi) is 4.68.